The van der Waals surface area contributed by atoms with Crippen molar-refractivity contribution in [3.63, 3.8) is 0 Å². The molecule has 0 amide bonds. The Bertz CT molecular complexity index is 597. The van der Waals surface area contributed by atoms with Crippen LogP contribution in [0.4, 0.5) is 0 Å². The van der Waals surface area contributed by atoms with Gasteiger partial charge in [-0.2, -0.15) is 0 Å². The van der Waals surface area contributed by atoms with Crippen molar-refractivity contribution in [2.75, 3.05) is 33.3 Å². The van der Waals surface area contributed by atoms with Crippen LogP contribution in [0.15, 0.2) is 29.3 Å². The van der Waals surface area contributed by atoms with Gasteiger partial charge in [-0.05, 0) is 25.3 Å². The summed E-state index contributed by atoms with van der Waals surface area (Å²) in [5.41, 5.74) is 2.57. The number of rotatable bonds is 5. The van der Waals surface area contributed by atoms with E-state index in [0.717, 1.165) is 25.6 Å². The summed E-state index contributed by atoms with van der Waals surface area (Å²) in [4.78, 5) is 18.9. The van der Waals surface area contributed by atoms with Crippen molar-refractivity contribution in [2.45, 2.75) is 33.6 Å². The molecule has 2 rings (SSSR count). The van der Waals surface area contributed by atoms with E-state index in [2.05, 4.69) is 62.2 Å². The lowest BCUT2D eigenvalue weighted by Gasteiger charge is -2.22. The Morgan fingerprint density at radius 2 is 2.04 bits per heavy atom. The summed E-state index contributed by atoms with van der Waals surface area (Å²) >= 11 is 0. The third-order valence-electron chi connectivity index (χ3n) is 4.91. The molecule has 1 saturated heterocycles. The number of nitrogens with one attached hydrogen (secondary N) is 1. The molecule has 0 aliphatic carbocycles. The number of carbonyl (C=O) groups excluding carboxylic acids is 1. The van der Waals surface area contributed by atoms with Crippen molar-refractivity contribution in [1.82, 2.24) is 10.2 Å². The van der Waals surface area contributed by atoms with Crippen LogP contribution in [0.25, 0.3) is 0 Å². The third-order valence-corrected chi connectivity index (χ3v) is 4.91. The van der Waals surface area contributed by atoms with Gasteiger partial charge in [0.05, 0.1) is 13.0 Å². The van der Waals surface area contributed by atoms with Crippen LogP contribution in [0.5, 0.6) is 0 Å². The van der Waals surface area contributed by atoms with Crippen molar-refractivity contribution in [3.05, 3.63) is 35.4 Å². The number of hydrogen-bond acceptors (Lipinski definition) is 3. The van der Waals surface area contributed by atoms with Crippen molar-refractivity contribution in [1.29, 1.82) is 0 Å². The SMILES string of the molecule is CCNC(=NCC(C)c1ccc(C)cc1)N1CC(C)C(C(=O)OC)C1. The Morgan fingerprint density at radius 1 is 1.36 bits per heavy atom. The molecule has 0 aromatic heterocycles. The van der Waals surface area contributed by atoms with Crippen molar-refractivity contribution in [2.24, 2.45) is 16.8 Å². The van der Waals surface area contributed by atoms with Crippen LogP contribution in [0.3, 0.4) is 0 Å². The van der Waals surface area contributed by atoms with Crippen LogP contribution in [0.2, 0.25) is 0 Å². The molecular weight excluding hydrogens is 314 g/mol. The molecule has 138 valence electrons. The number of aliphatic imine (C=N–C) groups is 1. The zero-order chi connectivity index (χ0) is 18.4. The van der Waals surface area contributed by atoms with E-state index in [9.17, 15) is 4.79 Å². The van der Waals surface area contributed by atoms with Gasteiger partial charge >= 0.3 is 5.97 Å². The summed E-state index contributed by atoms with van der Waals surface area (Å²) < 4.78 is 4.93. The van der Waals surface area contributed by atoms with E-state index in [1.807, 2.05) is 0 Å². The van der Waals surface area contributed by atoms with Crippen LogP contribution in [-0.2, 0) is 9.53 Å². The standard InChI is InChI=1S/C20H31N3O2/c1-6-21-20(23-12-16(4)18(13-23)19(24)25-5)22-11-15(3)17-9-7-14(2)8-10-17/h7-10,15-16,18H,6,11-13H2,1-5H3,(H,21,22). The van der Waals surface area contributed by atoms with Gasteiger partial charge in [-0.3, -0.25) is 9.79 Å². The van der Waals surface area contributed by atoms with Crippen molar-refractivity contribution >= 4 is 11.9 Å². The fourth-order valence-electron chi connectivity index (χ4n) is 3.25. The molecule has 1 aromatic carbocycles. The number of benzene rings is 1. The van der Waals surface area contributed by atoms with E-state index in [1.54, 1.807) is 0 Å². The molecule has 0 radical (unpaired) electrons. The average Bonchev–Trinajstić information content (AvgIpc) is 2.99. The van der Waals surface area contributed by atoms with Gasteiger partial charge in [0, 0.05) is 32.1 Å². The quantitative estimate of drug-likeness (QED) is 0.506. The summed E-state index contributed by atoms with van der Waals surface area (Å²) in [7, 11) is 1.46. The Kier molecular flexibility index (Phi) is 6.85. The smallest absolute Gasteiger partial charge is 0.310 e. The summed E-state index contributed by atoms with van der Waals surface area (Å²) in [5, 5.41) is 3.36. The fraction of sp³-hybridized carbons (Fsp3) is 0.600. The molecule has 1 heterocycles. The van der Waals surface area contributed by atoms with Crippen LogP contribution in [-0.4, -0.2) is 50.1 Å². The van der Waals surface area contributed by atoms with Gasteiger partial charge in [-0.25, -0.2) is 0 Å². The Hall–Kier alpha value is -2.04. The molecule has 5 nitrogen and oxygen atoms in total. The van der Waals surface area contributed by atoms with Crippen LogP contribution >= 0.6 is 0 Å². The minimum Gasteiger partial charge on any atom is -0.469 e. The zero-order valence-corrected chi connectivity index (χ0v) is 16.1. The third kappa shape index (κ3) is 4.97. The largest absolute Gasteiger partial charge is 0.469 e. The second kappa shape index (κ2) is 8.88. The summed E-state index contributed by atoms with van der Waals surface area (Å²) in [6, 6.07) is 8.63. The number of aryl methyl sites for hydroxylation is 1. The van der Waals surface area contributed by atoms with Gasteiger partial charge in [0.25, 0.3) is 0 Å². The van der Waals surface area contributed by atoms with Crippen LogP contribution < -0.4 is 5.32 Å². The number of likely N-dealkylation sites (tertiary alicyclic amines) is 1. The van der Waals surface area contributed by atoms with Gasteiger partial charge in [-0.15, -0.1) is 0 Å². The van der Waals surface area contributed by atoms with Crippen LogP contribution in [0.1, 0.15) is 37.8 Å². The second-order valence-corrected chi connectivity index (χ2v) is 7.02. The number of guanidine groups is 1. The molecule has 1 aliphatic rings. The number of esters is 1. The van der Waals surface area contributed by atoms with E-state index in [1.165, 1.54) is 18.2 Å². The first-order valence-electron chi connectivity index (χ1n) is 9.13. The first-order chi connectivity index (χ1) is 12.0. The highest BCUT2D eigenvalue weighted by Crippen LogP contribution is 2.24. The Morgan fingerprint density at radius 3 is 2.64 bits per heavy atom. The molecule has 1 fully saturated rings. The van der Waals surface area contributed by atoms with E-state index in [-0.39, 0.29) is 17.8 Å². The highest BCUT2D eigenvalue weighted by molar-refractivity contribution is 5.82. The zero-order valence-electron chi connectivity index (χ0n) is 16.1. The predicted molar refractivity (Wildman–Crippen MR) is 102 cm³/mol. The molecule has 1 aliphatic heterocycles. The highest BCUT2D eigenvalue weighted by atomic mass is 16.5. The number of nitrogens with zero attached hydrogens (tertiary/aromatic N) is 2. The van der Waals surface area contributed by atoms with E-state index in [0.29, 0.717) is 12.5 Å². The fourth-order valence-corrected chi connectivity index (χ4v) is 3.25. The lowest BCUT2D eigenvalue weighted by atomic mass is 9.99. The molecule has 3 atom stereocenters. The number of hydrogen-bond donors (Lipinski definition) is 1. The first kappa shape index (κ1) is 19.3. The Labute approximate surface area is 151 Å². The molecule has 5 heteroatoms. The summed E-state index contributed by atoms with van der Waals surface area (Å²) in [5.74, 6) is 1.30. The van der Waals surface area contributed by atoms with Crippen LogP contribution in [0, 0.1) is 18.8 Å². The molecule has 25 heavy (non-hydrogen) atoms. The van der Waals surface area contributed by atoms with Gasteiger partial charge in [-0.1, -0.05) is 43.7 Å². The number of carbonyl (C=O) groups is 1. The highest BCUT2D eigenvalue weighted by Gasteiger charge is 2.36. The summed E-state index contributed by atoms with van der Waals surface area (Å²) in [6.07, 6.45) is 0. The van der Waals surface area contributed by atoms with Gasteiger partial charge in [0.15, 0.2) is 5.96 Å². The maximum atomic E-state index is 11.9. The van der Waals surface area contributed by atoms with Gasteiger partial charge in [0.1, 0.15) is 0 Å². The summed E-state index contributed by atoms with van der Waals surface area (Å²) in [6.45, 7) is 11.5. The van der Waals surface area contributed by atoms with Gasteiger partial charge < -0.3 is 15.0 Å². The second-order valence-electron chi connectivity index (χ2n) is 7.02. The lowest BCUT2D eigenvalue weighted by Crippen LogP contribution is -2.40. The predicted octanol–water partition coefficient (Wildman–Crippen LogP) is 2.80. The monoisotopic (exact) mass is 345 g/mol. The average molecular weight is 345 g/mol. The van der Waals surface area contributed by atoms with Crippen molar-refractivity contribution in [3.8, 4) is 0 Å². The van der Waals surface area contributed by atoms with Crippen molar-refractivity contribution < 1.29 is 9.53 Å². The Balaban J connectivity index is 2.05. The number of methoxy groups -OCH3 is 1. The van der Waals surface area contributed by atoms with E-state index < -0.39 is 0 Å². The molecule has 0 saturated carbocycles. The minimum absolute atomic E-state index is 0.0802. The molecular formula is C20H31N3O2. The lowest BCUT2D eigenvalue weighted by molar-refractivity contribution is -0.145. The molecule has 0 bridgehead atoms. The maximum Gasteiger partial charge on any atom is 0.310 e. The topological polar surface area (TPSA) is 53.9 Å². The maximum absolute atomic E-state index is 11.9. The van der Waals surface area contributed by atoms with Gasteiger partial charge in [0.2, 0.25) is 0 Å². The molecule has 1 N–H and O–H groups in total. The molecule has 3 unspecified atom stereocenters. The normalized spacial score (nSPS) is 22.0. The van der Waals surface area contributed by atoms with E-state index in [4.69, 9.17) is 9.73 Å². The van der Waals surface area contributed by atoms with E-state index >= 15 is 0 Å². The minimum atomic E-state index is -0.126. The first-order valence-corrected chi connectivity index (χ1v) is 9.13. The molecule has 1 aromatic rings. The number of ether oxygens (including phenoxy) is 1. The molecule has 0 spiro atoms.